The number of rotatable bonds is 7. The highest BCUT2D eigenvalue weighted by Gasteiger charge is 2.28. The van der Waals surface area contributed by atoms with E-state index in [-0.39, 0.29) is 24.1 Å². The number of allylic oxidation sites excluding steroid dienone is 1. The van der Waals surface area contributed by atoms with E-state index >= 15 is 0 Å². The van der Waals surface area contributed by atoms with Crippen LogP contribution in [0.25, 0.3) is 6.08 Å². The molecule has 0 saturated carbocycles. The number of Topliss-reactive ketones (excluding diaryl/α,β-unsaturated/α-hetero) is 1. The van der Waals surface area contributed by atoms with Crippen molar-refractivity contribution in [3.8, 4) is 28.7 Å². The van der Waals surface area contributed by atoms with E-state index in [9.17, 15) is 9.59 Å². The van der Waals surface area contributed by atoms with E-state index in [1.54, 1.807) is 41.3 Å². The maximum Gasteiger partial charge on any atom is 0.260 e. The highest BCUT2D eigenvalue weighted by Crippen LogP contribution is 2.40. The highest BCUT2D eigenvalue weighted by atomic mass is 16.5. The molecule has 0 bridgehead atoms. The van der Waals surface area contributed by atoms with Crippen molar-refractivity contribution in [1.82, 2.24) is 4.90 Å². The molecule has 2 aromatic rings. The maximum atomic E-state index is 12.8. The first-order chi connectivity index (χ1) is 15.5. The van der Waals surface area contributed by atoms with Crippen LogP contribution in [-0.2, 0) is 4.79 Å². The van der Waals surface area contributed by atoms with Gasteiger partial charge in [0.1, 0.15) is 11.5 Å². The molecule has 0 aromatic heterocycles. The number of nitrogens with zero attached hydrogens (tertiary/aromatic N) is 1. The molecule has 8 nitrogen and oxygen atoms in total. The second-order valence-electron chi connectivity index (χ2n) is 7.43. The number of carbonyl (C=O) groups is 2. The minimum atomic E-state index is -0.242. The Kier molecular flexibility index (Phi) is 6.20. The van der Waals surface area contributed by atoms with Crippen LogP contribution in [-0.4, -0.2) is 57.6 Å². The number of amides is 1. The molecular weight excluding hydrogens is 414 g/mol. The van der Waals surface area contributed by atoms with Gasteiger partial charge < -0.3 is 28.6 Å². The summed E-state index contributed by atoms with van der Waals surface area (Å²) in [6.45, 7) is 1.51. The Morgan fingerprint density at radius 2 is 1.72 bits per heavy atom. The minimum Gasteiger partial charge on any atom is -0.493 e. The van der Waals surface area contributed by atoms with Crippen molar-refractivity contribution >= 4 is 17.8 Å². The summed E-state index contributed by atoms with van der Waals surface area (Å²) in [7, 11) is 4.58. The lowest BCUT2D eigenvalue weighted by Gasteiger charge is -2.15. The molecule has 1 saturated heterocycles. The molecule has 2 aliphatic rings. The number of likely N-dealkylation sites (tertiary alicyclic amines) is 1. The Balaban J connectivity index is 1.51. The number of ether oxygens (including phenoxy) is 5. The Hall–Kier alpha value is -3.68. The SMILES string of the molecule is COc1cc(C=C2Oc3cc(OCC(=O)N4CCCC4)ccc3C2=O)cc(OC)c1OC. The zero-order valence-electron chi connectivity index (χ0n) is 18.3. The molecule has 0 radical (unpaired) electrons. The van der Waals surface area contributed by atoms with Gasteiger partial charge >= 0.3 is 0 Å². The molecule has 32 heavy (non-hydrogen) atoms. The summed E-state index contributed by atoms with van der Waals surface area (Å²) >= 11 is 0. The first kappa shape index (κ1) is 21.5. The molecule has 2 heterocycles. The summed E-state index contributed by atoms with van der Waals surface area (Å²) in [4.78, 5) is 26.8. The van der Waals surface area contributed by atoms with Gasteiger partial charge in [0.15, 0.2) is 23.9 Å². The van der Waals surface area contributed by atoms with Gasteiger partial charge in [-0.2, -0.15) is 0 Å². The third-order valence-corrected chi connectivity index (χ3v) is 5.45. The average molecular weight is 439 g/mol. The van der Waals surface area contributed by atoms with Gasteiger partial charge in [0.05, 0.1) is 26.9 Å². The summed E-state index contributed by atoms with van der Waals surface area (Å²) in [5, 5.41) is 0. The molecule has 2 aromatic carbocycles. The molecule has 1 amide bonds. The molecule has 0 unspecified atom stereocenters. The highest BCUT2D eigenvalue weighted by molar-refractivity contribution is 6.14. The average Bonchev–Trinajstić information content (AvgIpc) is 3.45. The fraction of sp³-hybridized carbons (Fsp3) is 0.333. The molecule has 2 aliphatic heterocycles. The number of carbonyl (C=O) groups excluding carboxylic acids is 2. The smallest absolute Gasteiger partial charge is 0.260 e. The lowest BCUT2D eigenvalue weighted by Crippen LogP contribution is -2.32. The van der Waals surface area contributed by atoms with E-state index in [1.807, 2.05) is 0 Å². The topological polar surface area (TPSA) is 83.5 Å². The molecule has 0 N–H and O–H groups in total. The zero-order chi connectivity index (χ0) is 22.7. The molecule has 0 atom stereocenters. The van der Waals surface area contributed by atoms with Crippen LogP contribution >= 0.6 is 0 Å². The molecule has 168 valence electrons. The predicted molar refractivity (Wildman–Crippen MR) is 117 cm³/mol. The van der Waals surface area contributed by atoms with Crippen molar-refractivity contribution < 1.29 is 33.3 Å². The fourth-order valence-corrected chi connectivity index (χ4v) is 3.80. The van der Waals surface area contributed by atoms with Gasteiger partial charge in [-0.05, 0) is 48.7 Å². The molecule has 4 rings (SSSR count). The number of methoxy groups -OCH3 is 3. The van der Waals surface area contributed by atoms with Crippen LogP contribution in [0.1, 0.15) is 28.8 Å². The van der Waals surface area contributed by atoms with Crippen molar-refractivity contribution in [1.29, 1.82) is 0 Å². The van der Waals surface area contributed by atoms with Gasteiger partial charge in [-0.15, -0.1) is 0 Å². The van der Waals surface area contributed by atoms with Crippen LogP contribution in [0.3, 0.4) is 0 Å². The van der Waals surface area contributed by atoms with Gasteiger partial charge in [0.25, 0.3) is 5.91 Å². The van der Waals surface area contributed by atoms with Crippen LogP contribution in [0, 0.1) is 0 Å². The van der Waals surface area contributed by atoms with Crippen molar-refractivity contribution in [2.75, 3.05) is 41.0 Å². The van der Waals surface area contributed by atoms with Gasteiger partial charge in [0.2, 0.25) is 11.5 Å². The summed E-state index contributed by atoms with van der Waals surface area (Å²) in [6, 6.07) is 8.39. The largest absolute Gasteiger partial charge is 0.493 e. The number of hydrogen-bond acceptors (Lipinski definition) is 7. The van der Waals surface area contributed by atoms with Crippen molar-refractivity contribution in [2.45, 2.75) is 12.8 Å². The number of fused-ring (bicyclic) bond motifs is 1. The molecule has 0 spiro atoms. The number of ketones is 1. The molecular formula is C24H25NO7. The van der Waals surface area contributed by atoms with Crippen LogP contribution in [0.2, 0.25) is 0 Å². The van der Waals surface area contributed by atoms with Crippen molar-refractivity contribution in [2.24, 2.45) is 0 Å². The number of hydrogen-bond donors (Lipinski definition) is 0. The van der Waals surface area contributed by atoms with Crippen LogP contribution in [0.5, 0.6) is 28.7 Å². The van der Waals surface area contributed by atoms with Crippen LogP contribution in [0.15, 0.2) is 36.1 Å². The fourth-order valence-electron chi connectivity index (χ4n) is 3.80. The van der Waals surface area contributed by atoms with Crippen molar-refractivity contribution in [3.05, 3.63) is 47.2 Å². The van der Waals surface area contributed by atoms with Crippen LogP contribution < -0.4 is 23.7 Å². The lowest BCUT2D eigenvalue weighted by atomic mass is 10.1. The van der Waals surface area contributed by atoms with E-state index in [2.05, 4.69) is 0 Å². The van der Waals surface area contributed by atoms with E-state index in [0.29, 0.717) is 39.9 Å². The zero-order valence-corrected chi connectivity index (χ0v) is 18.3. The second kappa shape index (κ2) is 9.21. The normalized spacial score (nSPS) is 16.0. The monoisotopic (exact) mass is 439 g/mol. The van der Waals surface area contributed by atoms with Gasteiger partial charge in [0, 0.05) is 19.2 Å². The third-order valence-electron chi connectivity index (χ3n) is 5.45. The van der Waals surface area contributed by atoms with Gasteiger partial charge in [-0.1, -0.05) is 0 Å². The van der Waals surface area contributed by atoms with Gasteiger partial charge in [-0.25, -0.2) is 0 Å². The third kappa shape index (κ3) is 4.21. The lowest BCUT2D eigenvalue weighted by molar-refractivity contribution is -0.132. The summed E-state index contributed by atoms with van der Waals surface area (Å²) in [6.07, 6.45) is 3.67. The Bertz CT molecular complexity index is 1050. The van der Waals surface area contributed by atoms with Crippen LogP contribution in [0.4, 0.5) is 0 Å². The standard InChI is InChI=1S/C24H25NO7/c1-28-20-11-15(12-21(29-2)24(20)30-3)10-19-23(27)17-7-6-16(13-18(17)32-19)31-14-22(26)25-8-4-5-9-25/h6-7,10-13H,4-5,8-9,14H2,1-3H3. The number of benzene rings is 2. The first-order valence-electron chi connectivity index (χ1n) is 10.3. The second-order valence-corrected chi connectivity index (χ2v) is 7.43. The Morgan fingerprint density at radius 3 is 2.34 bits per heavy atom. The maximum absolute atomic E-state index is 12.8. The quantitative estimate of drug-likeness (QED) is 0.612. The van der Waals surface area contributed by atoms with E-state index in [0.717, 1.165) is 25.9 Å². The van der Waals surface area contributed by atoms with Crippen molar-refractivity contribution in [3.63, 3.8) is 0 Å². The molecule has 8 heteroatoms. The minimum absolute atomic E-state index is 0.0389. The predicted octanol–water partition coefficient (Wildman–Crippen LogP) is 3.33. The van der Waals surface area contributed by atoms with E-state index < -0.39 is 0 Å². The Morgan fingerprint density at radius 1 is 1.03 bits per heavy atom. The van der Waals surface area contributed by atoms with Gasteiger partial charge in [-0.3, -0.25) is 9.59 Å². The Labute approximate surface area is 186 Å². The molecule has 0 aliphatic carbocycles. The summed E-state index contributed by atoms with van der Waals surface area (Å²) in [5.74, 6) is 2.15. The first-order valence-corrected chi connectivity index (χ1v) is 10.3. The van der Waals surface area contributed by atoms with E-state index in [4.69, 9.17) is 23.7 Å². The molecule has 1 fully saturated rings. The van der Waals surface area contributed by atoms with E-state index in [1.165, 1.54) is 21.3 Å². The summed E-state index contributed by atoms with van der Waals surface area (Å²) < 4.78 is 27.5. The summed E-state index contributed by atoms with van der Waals surface area (Å²) in [5.41, 5.74) is 1.09.